The van der Waals surface area contributed by atoms with Gasteiger partial charge in [-0.15, -0.1) is 0 Å². The Morgan fingerprint density at radius 1 is 0.824 bits per heavy atom. The topological polar surface area (TPSA) is 20.2 Å². The molecule has 0 amide bonds. The smallest absolute Gasteiger partial charge is 0.0483 e. The van der Waals surface area contributed by atoms with E-state index in [9.17, 15) is 0 Å². The van der Waals surface area contributed by atoms with E-state index in [2.05, 4.69) is 13.8 Å². The molecule has 0 aromatic carbocycles. The van der Waals surface area contributed by atoms with Gasteiger partial charge in [-0.25, -0.2) is 0 Å². The van der Waals surface area contributed by atoms with Gasteiger partial charge in [0.1, 0.15) is 0 Å². The van der Waals surface area contributed by atoms with Crippen LogP contribution in [0, 0.1) is 6.92 Å². The Balaban J connectivity index is -0.000000340. The summed E-state index contributed by atoms with van der Waals surface area (Å²) in [6.07, 6.45) is 13.7. The van der Waals surface area contributed by atoms with Crippen LogP contribution in [0.15, 0.2) is 0 Å². The monoisotopic (exact) mass is 277 g/mol. The third-order valence-electron chi connectivity index (χ3n) is 2.35. The number of hydrogen-bond donors (Lipinski definition) is 1. The summed E-state index contributed by atoms with van der Waals surface area (Å²) in [6.45, 7) is 9.56. The second-order valence-corrected chi connectivity index (χ2v) is 4.78. The van der Waals surface area contributed by atoms with Crippen LogP contribution in [0.25, 0.3) is 0 Å². The molecule has 2 heteroatoms. The molecule has 0 saturated heterocycles. The van der Waals surface area contributed by atoms with Crippen molar-refractivity contribution in [1.29, 1.82) is 0 Å². The van der Waals surface area contributed by atoms with Crippen LogP contribution in [0.1, 0.15) is 85.0 Å². The maximum absolute atomic E-state index is 8.06. The summed E-state index contributed by atoms with van der Waals surface area (Å²) in [4.78, 5) is 0. The quantitative estimate of drug-likeness (QED) is 0.352. The van der Waals surface area contributed by atoms with Crippen LogP contribution in [-0.4, -0.2) is 11.2 Å². The number of unbranched alkanes of at least 4 members (excludes halogenated alkanes) is 9. The van der Waals surface area contributed by atoms with E-state index in [-0.39, 0.29) is 27.8 Å². The molecule has 1 N–H and O–H groups in total. The second kappa shape index (κ2) is 21.9. The van der Waals surface area contributed by atoms with E-state index in [1.54, 1.807) is 13.8 Å². The Bertz CT molecular complexity index is 92.3. The molecule has 0 unspecified atom stereocenters. The fourth-order valence-corrected chi connectivity index (χ4v) is 1.49. The molecule has 0 atom stereocenters. The predicted molar refractivity (Wildman–Crippen MR) is 74.6 cm³/mol. The van der Waals surface area contributed by atoms with E-state index in [1.807, 2.05) is 0 Å². The Morgan fingerprint density at radius 3 is 1.41 bits per heavy atom. The zero-order valence-electron chi connectivity index (χ0n) is 12.3. The minimum atomic E-state index is -0.167. The minimum absolute atomic E-state index is 0. The standard InChI is InChI=1S/C12H25.C3H8O.Ti/c1-3-5-7-9-11-12-10-8-6-4-2;1-3(2)4;/h1,3-12H2,2H3;3-4H,1-2H3;/q-1;;. The first-order valence-corrected chi connectivity index (χ1v) is 7.12. The molecule has 0 rings (SSSR count). The van der Waals surface area contributed by atoms with Gasteiger partial charge in [0, 0.05) is 27.8 Å². The van der Waals surface area contributed by atoms with Gasteiger partial charge >= 0.3 is 0 Å². The first-order valence-electron chi connectivity index (χ1n) is 7.12. The van der Waals surface area contributed by atoms with E-state index in [0.29, 0.717) is 0 Å². The molecule has 0 spiro atoms. The van der Waals surface area contributed by atoms with Crippen molar-refractivity contribution >= 4 is 0 Å². The summed E-state index contributed by atoms with van der Waals surface area (Å²) in [6, 6.07) is 0. The van der Waals surface area contributed by atoms with Crippen molar-refractivity contribution < 1.29 is 26.8 Å². The molecule has 17 heavy (non-hydrogen) atoms. The SMILES string of the molecule is CC(C)O.[CH2-]CCCCCCCCCCC.[Ti]. The van der Waals surface area contributed by atoms with Crippen molar-refractivity contribution in [1.82, 2.24) is 0 Å². The first-order chi connectivity index (χ1) is 7.65. The number of aliphatic hydroxyl groups excluding tert-OH is 1. The molecule has 0 heterocycles. The van der Waals surface area contributed by atoms with Crippen LogP contribution in [0.4, 0.5) is 0 Å². The molecule has 0 aliphatic carbocycles. The third-order valence-corrected chi connectivity index (χ3v) is 2.35. The van der Waals surface area contributed by atoms with Crippen LogP contribution < -0.4 is 0 Å². The predicted octanol–water partition coefficient (Wildman–Crippen LogP) is 5.13. The maximum atomic E-state index is 8.06. The Hall–Kier alpha value is 0.674. The van der Waals surface area contributed by atoms with Gasteiger partial charge in [0.05, 0.1) is 0 Å². The maximum Gasteiger partial charge on any atom is 0.0483 e. The zero-order valence-corrected chi connectivity index (χ0v) is 13.9. The van der Waals surface area contributed by atoms with Gasteiger partial charge in [0.15, 0.2) is 0 Å². The van der Waals surface area contributed by atoms with Crippen LogP contribution in [-0.2, 0) is 21.7 Å². The minimum Gasteiger partial charge on any atom is -0.394 e. The fraction of sp³-hybridized carbons (Fsp3) is 0.933. The van der Waals surface area contributed by atoms with E-state index < -0.39 is 0 Å². The van der Waals surface area contributed by atoms with Gasteiger partial charge < -0.3 is 12.0 Å². The third kappa shape index (κ3) is 38.4. The van der Waals surface area contributed by atoms with Gasteiger partial charge in [-0.05, 0) is 13.8 Å². The average molecular weight is 277 g/mol. The molecule has 1 nitrogen and oxygen atoms in total. The number of rotatable bonds is 9. The van der Waals surface area contributed by atoms with E-state index in [4.69, 9.17) is 5.11 Å². The Morgan fingerprint density at radius 2 is 1.12 bits per heavy atom. The van der Waals surface area contributed by atoms with Crippen LogP contribution in [0.3, 0.4) is 0 Å². The molecule has 0 aromatic heterocycles. The van der Waals surface area contributed by atoms with Crippen LogP contribution >= 0.6 is 0 Å². The van der Waals surface area contributed by atoms with Crippen molar-refractivity contribution in [2.75, 3.05) is 0 Å². The summed E-state index contributed by atoms with van der Waals surface area (Å²) in [7, 11) is 0. The summed E-state index contributed by atoms with van der Waals surface area (Å²) >= 11 is 0. The van der Waals surface area contributed by atoms with Crippen molar-refractivity contribution in [3.8, 4) is 0 Å². The molecule has 104 valence electrons. The van der Waals surface area contributed by atoms with E-state index in [0.717, 1.165) is 6.42 Å². The summed E-state index contributed by atoms with van der Waals surface area (Å²) in [5.74, 6) is 0. The molecule has 0 fully saturated rings. The number of hydrogen-bond acceptors (Lipinski definition) is 1. The van der Waals surface area contributed by atoms with E-state index in [1.165, 1.54) is 57.8 Å². The van der Waals surface area contributed by atoms with Crippen molar-refractivity contribution in [3.63, 3.8) is 0 Å². The zero-order chi connectivity index (χ0) is 12.6. The fourth-order valence-electron chi connectivity index (χ4n) is 1.49. The largest absolute Gasteiger partial charge is 0.394 e. The Kier molecular flexibility index (Phi) is 29.4. The van der Waals surface area contributed by atoms with Crippen molar-refractivity contribution in [3.05, 3.63) is 6.92 Å². The van der Waals surface area contributed by atoms with Gasteiger partial charge in [-0.2, -0.15) is 6.42 Å². The van der Waals surface area contributed by atoms with Crippen molar-refractivity contribution in [2.45, 2.75) is 91.1 Å². The molecule has 0 bridgehead atoms. The van der Waals surface area contributed by atoms with Gasteiger partial charge in [-0.3, -0.25) is 0 Å². The molecule has 0 saturated carbocycles. The van der Waals surface area contributed by atoms with E-state index >= 15 is 0 Å². The number of aliphatic hydroxyl groups is 1. The van der Waals surface area contributed by atoms with Crippen LogP contribution in [0.5, 0.6) is 0 Å². The summed E-state index contributed by atoms with van der Waals surface area (Å²) in [5.41, 5.74) is 0. The summed E-state index contributed by atoms with van der Waals surface area (Å²) < 4.78 is 0. The molecule has 0 aromatic rings. The Labute approximate surface area is 125 Å². The normalized spacial score (nSPS) is 9.53. The van der Waals surface area contributed by atoms with Gasteiger partial charge in [-0.1, -0.05) is 64.7 Å². The molecular weight excluding hydrogens is 244 g/mol. The molecule has 0 aliphatic rings. The average Bonchev–Trinajstić information content (AvgIpc) is 2.21. The van der Waals surface area contributed by atoms with Crippen molar-refractivity contribution in [2.24, 2.45) is 0 Å². The van der Waals surface area contributed by atoms with Gasteiger partial charge in [0.25, 0.3) is 0 Å². The first kappa shape index (κ1) is 22.8. The molecule has 0 radical (unpaired) electrons. The summed E-state index contributed by atoms with van der Waals surface area (Å²) in [5, 5.41) is 8.06. The molecular formula is C15H33OTi-. The van der Waals surface area contributed by atoms with Gasteiger partial charge in [0.2, 0.25) is 0 Å². The van der Waals surface area contributed by atoms with Crippen LogP contribution in [0.2, 0.25) is 0 Å². The molecule has 0 aliphatic heterocycles. The second-order valence-electron chi connectivity index (χ2n) is 4.78.